The standard InChI is InChI=1S/C14H21F2NO2/c1-17(9-5-2-6-10-18)11-12-7-3-4-8-13(12)19-14(15)16/h3-4,7-8,14,18H,2,5-6,9-11H2,1H3. The molecule has 0 aliphatic heterocycles. The lowest BCUT2D eigenvalue weighted by atomic mass is 10.2. The molecule has 0 fully saturated rings. The molecule has 1 rings (SSSR count). The molecule has 0 aliphatic carbocycles. The number of rotatable bonds is 9. The van der Waals surface area contributed by atoms with Crippen LogP contribution in [-0.2, 0) is 6.54 Å². The first-order valence-corrected chi connectivity index (χ1v) is 6.45. The minimum atomic E-state index is -2.80. The molecule has 0 aliphatic rings. The molecule has 0 saturated heterocycles. The van der Waals surface area contributed by atoms with E-state index < -0.39 is 6.61 Å². The van der Waals surface area contributed by atoms with Crippen LogP contribution in [0.25, 0.3) is 0 Å². The summed E-state index contributed by atoms with van der Waals surface area (Å²) in [7, 11) is 1.94. The molecule has 0 spiro atoms. The average Bonchev–Trinajstić information content (AvgIpc) is 2.36. The second-order valence-corrected chi connectivity index (χ2v) is 4.51. The first-order valence-electron chi connectivity index (χ1n) is 6.45. The largest absolute Gasteiger partial charge is 0.434 e. The topological polar surface area (TPSA) is 32.7 Å². The third-order valence-corrected chi connectivity index (χ3v) is 2.83. The Balaban J connectivity index is 2.46. The molecule has 19 heavy (non-hydrogen) atoms. The molecule has 1 N–H and O–H groups in total. The zero-order valence-corrected chi connectivity index (χ0v) is 11.2. The van der Waals surface area contributed by atoms with Crippen molar-refractivity contribution in [2.75, 3.05) is 20.2 Å². The van der Waals surface area contributed by atoms with E-state index in [1.165, 1.54) is 0 Å². The molecule has 108 valence electrons. The third-order valence-electron chi connectivity index (χ3n) is 2.83. The lowest BCUT2D eigenvalue weighted by molar-refractivity contribution is -0.0507. The van der Waals surface area contributed by atoms with Gasteiger partial charge in [-0.15, -0.1) is 0 Å². The summed E-state index contributed by atoms with van der Waals surface area (Å²) in [4.78, 5) is 2.06. The molecule has 1 aromatic carbocycles. The van der Waals surface area contributed by atoms with Crippen LogP contribution in [0.15, 0.2) is 24.3 Å². The van der Waals surface area contributed by atoms with E-state index in [4.69, 9.17) is 5.11 Å². The predicted molar refractivity (Wildman–Crippen MR) is 70.3 cm³/mol. The molecule has 1 aromatic rings. The van der Waals surface area contributed by atoms with Crippen molar-refractivity contribution in [2.24, 2.45) is 0 Å². The van der Waals surface area contributed by atoms with Gasteiger partial charge in [-0.05, 0) is 38.9 Å². The number of unbranched alkanes of at least 4 members (excludes halogenated alkanes) is 2. The lowest BCUT2D eigenvalue weighted by Crippen LogP contribution is -2.20. The van der Waals surface area contributed by atoms with E-state index in [2.05, 4.69) is 9.64 Å². The van der Waals surface area contributed by atoms with Crippen molar-refractivity contribution in [3.8, 4) is 5.75 Å². The summed E-state index contributed by atoms with van der Waals surface area (Å²) in [5.74, 6) is 0.236. The second-order valence-electron chi connectivity index (χ2n) is 4.51. The van der Waals surface area contributed by atoms with Gasteiger partial charge in [-0.2, -0.15) is 8.78 Å². The van der Waals surface area contributed by atoms with E-state index in [0.717, 1.165) is 31.4 Å². The first kappa shape index (κ1) is 15.9. The van der Waals surface area contributed by atoms with E-state index in [-0.39, 0.29) is 12.4 Å². The molecule has 0 aromatic heterocycles. The highest BCUT2D eigenvalue weighted by atomic mass is 19.3. The van der Waals surface area contributed by atoms with Crippen molar-refractivity contribution >= 4 is 0 Å². The van der Waals surface area contributed by atoms with E-state index in [9.17, 15) is 8.78 Å². The summed E-state index contributed by atoms with van der Waals surface area (Å²) in [6.45, 7) is -1.14. The monoisotopic (exact) mass is 273 g/mol. The highest BCUT2D eigenvalue weighted by Gasteiger charge is 2.10. The number of benzene rings is 1. The molecular weight excluding hydrogens is 252 g/mol. The molecule has 0 amide bonds. The minimum Gasteiger partial charge on any atom is -0.434 e. The van der Waals surface area contributed by atoms with Crippen LogP contribution in [0.5, 0.6) is 5.75 Å². The van der Waals surface area contributed by atoms with Crippen molar-refractivity contribution in [3.63, 3.8) is 0 Å². The Hall–Kier alpha value is -1.20. The maximum atomic E-state index is 12.3. The number of ether oxygens (including phenoxy) is 1. The van der Waals surface area contributed by atoms with Gasteiger partial charge < -0.3 is 14.7 Å². The van der Waals surface area contributed by atoms with Gasteiger partial charge in [-0.1, -0.05) is 18.2 Å². The van der Waals surface area contributed by atoms with Crippen LogP contribution in [-0.4, -0.2) is 36.8 Å². The predicted octanol–water partition coefficient (Wildman–Crippen LogP) is 2.88. The van der Waals surface area contributed by atoms with Crippen LogP contribution < -0.4 is 4.74 Å². The Morgan fingerprint density at radius 1 is 1.21 bits per heavy atom. The second kappa shape index (κ2) is 8.82. The average molecular weight is 273 g/mol. The quantitative estimate of drug-likeness (QED) is 0.702. The Morgan fingerprint density at radius 2 is 1.95 bits per heavy atom. The van der Waals surface area contributed by atoms with Gasteiger partial charge in [-0.3, -0.25) is 0 Å². The van der Waals surface area contributed by atoms with Crippen LogP contribution in [0.3, 0.4) is 0 Å². The van der Waals surface area contributed by atoms with Crippen molar-refractivity contribution in [1.82, 2.24) is 4.90 Å². The maximum absolute atomic E-state index is 12.3. The van der Waals surface area contributed by atoms with Gasteiger partial charge in [0.1, 0.15) is 5.75 Å². The molecule has 0 bridgehead atoms. The molecule has 3 nitrogen and oxygen atoms in total. The van der Waals surface area contributed by atoms with Gasteiger partial charge in [0, 0.05) is 18.7 Å². The number of halogens is 2. The Bertz CT molecular complexity index is 361. The fraction of sp³-hybridized carbons (Fsp3) is 0.571. The summed E-state index contributed by atoms with van der Waals surface area (Å²) in [5.41, 5.74) is 0.757. The summed E-state index contributed by atoms with van der Waals surface area (Å²) >= 11 is 0. The summed E-state index contributed by atoms with van der Waals surface area (Å²) in [6, 6.07) is 6.85. The van der Waals surface area contributed by atoms with Crippen molar-refractivity contribution in [1.29, 1.82) is 0 Å². The number of aliphatic hydroxyl groups is 1. The fourth-order valence-electron chi connectivity index (χ4n) is 1.89. The van der Waals surface area contributed by atoms with Crippen molar-refractivity contribution < 1.29 is 18.6 Å². The van der Waals surface area contributed by atoms with Crippen LogP contribution in [0.1, 0.15) is 24.8 Å². The summed E-state index contributed by atoms with van der Waals surface area (Å²) < 4.78 is 29.0. The van der Waals surface area contributed by atoms with E-state index in [0.29, 0.717) is 6.54 Å². The number of nitrogens with zero attached hydrogens (tertiary/aromatic N) is 1. The van der Waals surface area contributed by atoms with Gasteiger partial charge in [0.2, 0.25) is 0 Å². The van der Waals surface area contributed by atoms with Crippen LogP contribution in [0.4, 0.5) is 8.78 Å². The third kappa shape index (κ3) is 6.50. The van der Waals surface area contributed by atoms with Gasteiger partial charge in [0.05, 0.1) is 0 Å². The molecule has 0 unspecified atom stereocenters. The van der Waals surface area contributed by atoms with Gasteiger partial charge in [0.15, 0.2) is 0 Å². The number of aliphatic hydroxyl groups excluding tert-OH is 1. The zero-order chi connectivity index (χ0) is 14.1. The van der Waals surface area contributed by atoms with Gasteiger partial charge in [0.25, 0.3) is 0 Å². The maximum Gasteiger partial charge on any atom is 0.387 e. The SMILES string of the molecule is CN(CCCCCO)Cc1ccccc1OC(F)F. The molecule has 5 heteroatoms. The number of para-hydroxylation sites is 1. The Kier molecular flexibility index (Phi) is 7.36. The lowest BCUT2D eigenvalue weighted by Gasteiger charge is -2.18. The molecular formula is C14H21F2NO2. The van der Waals surface area contributed by atoms with E-state index in [1.54, 1.807) is 18.2 Å². The van der Waals surface area contributed by atoms with Crippen molar-refractivity contribution in [2.45, 2.75) is 32.4 Å². The highest BCUT2D eigenvalue weighted by Crippen LogP contribution is 2.21. The fourth-order valence-corrected chi connectivity index (χ4v) is 1.89. The van der Waals surface area contributed by atoms with Gasteiger partial charge in [-0.25, -0.2) is 0 Å². The van der Waals surface area contributed by atoms with Crippen molar-refractivity contribution in [3.05, 3.63) is 29.8 Å². The first-order chi connectivity index (χ1) is 9.13. The molecule has 0 atom stereocenters. The van der Waals surface area contributed by atoms with E-state index >= 15 is 0 Å². The van der Waals surface area contributed by atoms with Crippen LogP contribution in [0.2, 0.25) is 0 Å². The number of hydrogen-bond acceptors (Lipinski definition) is 3. The zero-order valence-electron chi connectivity index (χ0n) is 11.2. The molecule has 0 heterocycles. The summed E-state index contributed by atoms with van der Waals surface area (Å²) in [5, 5.41) is 8.69. The smallest absolute Gasteiger partial charge is 0.387 e. The van der Waals surface area contributed by atoms with E-state index in [1.807, 2.05) is 13.1 Å². The molecule has 0 radical (unpaired) electrons. The molecule has 0 saturated carbocycles. The number of hydrogen-bond donors (Lipinski definition) is 1. The minimum absolute atomic E-state index is 0.217. The van der Waals surface area contributed by atoms with Crippen LogP contribution >= 0.6 is 0 Å². The van der Waals surface area contributed by atoms with Crippen LogP contribution in [0, 0.1) is 0 Å². The Labute approximate surface area is 112 Å². The highest BCUT2D eigenvalue weighted by molar-refractivity contribution is 5.33. The van der Waals surface area contributed by atoms with Gasteiger partial charge >= 0.3 is 6.61 Å². The summed E-state index contributed by atoms with van der Waals surface area (Å²) in [6.07, 6.45) is 2.75. The normalized spacial score (nSPS) is 11.3. The Morgan fingerprint density at radius 3 is 2.63 bits per heavy atom. The number of alkyl halides is 2.